The molecule has 0 spiro atoms. The van der Waals surface area contributed by atoms with Crippen LogP contribution in [0.1, 0.15) is 33.3 Å². The molecule has 136 valence electrons. The first-order chi connectivity index (χ1) is 13.0. The van der Waals surface area contributed by atoms with Crippen molar-refractivity contribution in [3.05, 3.63) is 89.5 Å². The first kappa shape index (κ1) is 18.3. The van der Waals surface area contributed by atoms with Gasteiger partial charge in [0.15, 0.2) is 5.78 Å². The number of ketones is 1. The summed E-state index contributed by atoms with van der Waals surface area (Å²) in [5.41, 5.74) is 2.64. The zero-order chi connectivity index (χ0) is 19.2. The second kappa shape index (κ2) is 8.23. The van der Waals surface area contributed by atoms with Gasteiger partial charge in [0.2, 0.25) is 0 Å². The van der Waals surface area contributed by atoms with Crippen molar-refractivity contribution in [2.45, 2.75) is 13.5 Å². The second-order valence-corrected chi connectivity index (χ2v) is 5.96. The maximum Gasteiger partial charge on any atom is 0.274 e. The predicted octanol–water partition coefficient (Wildman–Crippen LogP) is 4.29. The number of nitrogens with zero attached hydrogens (tertiary/aromatic N) is 1. The first-order valence-electron chi connectivity index (χ1n) is 8.38. The van der Waals surface area contributed by atoms with Crippen LogP contribution < -0.4 is 10.6 Å². The molecule has 3 rings (SSSR count). The van der Waals surface area contributed by atoms with Crippen LogP contribution in [0.3, 0.4) is 0 Å². The lowest BCUT2D eigenvalue weighted by molar-refractivity contribution is 0.101. The van der Waals surface area contributed by atoms with Crippen LogP contribution in [-0.4, -0.2) is 16.7 Å². The smallest absolute Gasteiger partial charge is 0.274 e. The fraction of sp³-hybridized carbons (Fsp3) is 0.0952. The van der Waals surface area contributed by atoms with Crippen LogP contribution >= 0.6 is 0 Å². The van der Waals surface area contributed by atoms with Gasteiger partial charge in [0.25, 0.3) is 5.91 Å². The van der Waals surface area contributed by atoms with E-state index in [2.05, 4.69) is 15.6 Å². The van der Waals surface area contributed by atoms with Gasteiger partial charge >= 0.3 is 0 Å². The maximum atomic E-state index is 13.6. The molecule has 0 aliphatic rings. The number of aromatic nitrogens is 1. The van der Waals surface area contributed by atoms with Crippen LogP contribution in [0.15, 0.2) is 66.9 Å². The van der Waals surface area contributed by atoms with Crippen LogP contribution in [0, 0.1) is 5.82 Å². The number of pyridine rings is 1. The van der Waals surface area contributed by atoms with Gasteiger partial charge in [0.1, 0.15) is 11.5 Å². The molecule has 5 nitrogen and oxygen atoms in total. The number of carbonyl (C=O) groups is 2. The fourth-order valence-electron chi connectivity index (χ4n) is 2.46. The molecular weight excluding hydrogens is 345 g/mol. The van der Waals surface area contributed by atoms with E-state index < -0.39 is 0 Å². The lowest BCUT2D eigenvalue weighted by Crippen LogP contribution is -2.14. The van der Waals surface area contributed by atoms with E-state index in [9.17, 15) is 14.0 Å². The van der Waals surface area contributed by atoms with Gasteiger partial charge in [-0.25, -0.2) is 9.37 Å². The Bertz CT molecular complexity index is 954. The Hall–Kier alpha value is -3.54. The molecule has 2 N–H and O–H groups in total. The third-order valence-corrected chi connectivity index (χ3v) is 3.99. The van der Waals surface area contributed by atoms with Crippen LogP contribution in [-0.2, 0) is 6.54 Å². The zero-order valence-corrected chi connectivity index (χ0v) is 14.7. The number of Topliss-reactive ketones (excluding diaryl/α,β-unsaturated/α-hetero) is 1. The van der Waals surface area contributed by atoms with Crippen molar-refractivity contribution in [1.82, 2.24) is 4.98 Å². The van der Waals surface area contributed by atoms with Crippen molar-refractivity contribution in [1.29, 1.82) is 0 Å². The summed E-state index contributed by atoms with van der Waals surface area (Å²) in [5.74, 6) is -0.663. The highest BCUT2D eigenvalue weighted by Crippen LogP contribution is 2.14. The Morgan fingerprint density at radius 2 is 1.67 bits per heavy atom. The van der Waals surface area contributed by atoms with Crippen molar-refractivity contribution in [3.8, 4) is 0 Å². The second-order valence-electron chi connectivity index (χ2n) is 5.96. The molecule has 0 saturated carbocycles. The topological polar surface area (TPSA) is 71.1 Å². The van der Waals surface area contributed by atoms with E-state index in [0.29, 0.717) is 29.0 Å². The molecule has 3 aromatic rings. The lowest BCUT2D eigenvalue weighted by Gasteiger charge is -2.08. The number of amides is 1. The summed E-state index contributed by atoms with van der Waals surface area (Å²) in [6, 6.07) is 16.5. The van der Waals surface area contributed by atoms with Crippen LogP contribution in [0.4, 0.5) is 15.8 Å². The van der Waals surface area contributed by atoms with Crippen LogP contribution in [0.2, 0.25) is 0 Å². The van der Waals surface area contributed by atoms with Crippen molar-refractivity contribution < 1.29 is 14.0 Å². The van der Waals surface area contributed by atoms with Gasteiger partial charge in [0, 0.05) is 23.4 Å². The summed E-state index contributed by atoms with van der Waals surface area (Å²) in [5, 5.41) is 5.79. The molecule has 1 heterocycles. The van der Waals surface area contributed by atoms with Crippen molar-refractivity contribution >= 4 is 23.1 Å². The third-order valence-electron chi connectivity index (χ3n) is 3.99. The van der Waals surface area contributed by atoms with E-state index in [1.165, 1.54) is 19.2 Å². The van der Waals surface area contributed by atoms with E-state index in [1.54, 1.807) is 54.6 Å². The number of hydrogen-bond acceptors (Lipinski definition) is 4. The predicted molar refractivity (Wildman–Crippen MR) is 102 cm³/mol. The average molecular weight is 363 g/mol. The highest BCUT2D eigenvalue weighted by Gasteiger charge is 2.08. The molecule has 1 amide bonds. The molecule has 0 bridgehead atoms. The maximum absolute atomic E-state index is 13.6. The van der Waals surface area contributed by atoms with Gasteiger partial charge in [-0.3, -0.25) is 9.59 Å². The fourth-order valence-corrected chi connectivity index (χ4v) is 2.46. The normalized spacial score (nSPS) is 10.3. The molecule has 1 aromatic heterocycles. The Labute approximate surface area is 156 Å². The molecule has 0 saturated heterocycles. The van der Waals surface area contributed by atoms with E-state index >= 15 is 0 Å². The standard InChI is InChI=1S/C21H18FN3O2/c1-14(26)15-6-8-17(9-7-15)25-21(27)20-11-10-18(13-24-20)23-12-16-4-2-3-5-19(16)22/h2-11,13,23H,12H2,1H3,(H,25,27). The van der Waals surface area contributed by atoms with Gasteiger partial charge in [-0.05, 0) is 49.4 Å². The number of halogens is 1. The number of carbonyl (C=O) groups excluding carboxylic acids is 2. The Morgan fingerprint density at radius 1 is 0.963 bits per heavy atom. The minimum atomic E-state index is -0.355. The molecule has 2 aromatic carbocycles. The number of anilines is 2. The van der Waals surface area contributed by atoms with Gasteiger partial charge in [-0.15, -0.1) is 0 Å². The van der Waals surface area contributed by atoms with Crippen molar-refractivity contribution in [2.24, 2.45) is 0 Å². The average Bonchev–Trinajstić information content (AvgIpc) is 2.68. The molecule has 0 radical (unpaired) electrons. The lowest BCUT2D eigenvalue weighted by atomic mass is 10.1. The van der Waals surface area contributed by atoms with Gasteiger partial charge < -0.3 is 10.6 Å². The quantitative estimate of drug-likeness (QED) is 0.641. The number of nitrogens with one attached hydrogen (secondary N) is 2. The molecule has 0 atom stereocenters. The van der Waals surface area contributed by atoms with Gasteiger partial charge in [0.05, 0.1) is 11.9 Å². The summed E-state index contributed by atoms with van der Waals surface area (Å²) < 4.78 is 13.6. The summed E-state index contributed by atoms with van der Waals surface area (Å²) in [4.78, 5) is 27.7. The van der Waals surface area contributed by atoms with Crippen LogP contribution in [0.5, 0.6) is 0 Å². The van der Waals surface area contributed by atoms with Gasteiger partial charge in [-0.1, -0.05) is 18.2 Å². The molecular formula is C21H18FN3O2. The monoisotopic (exact) mass is 363 g/mol. The number of rotatable bonds is 6. The minimum Gasteiger partial charge on any atom is -0.380 e. The molecule has 0 aliphatic carbocycles. The molecule has 0 unspecified atom stereocenters. The van der Waals surface area contributed by atoms with Crippen molar-refractivity contribution in [3.63, 3.8) is 0 Å². The summed E-state index contributed by atoms with van der Waals surface area (Å²) >= 11 is 0. The zero-order valence-electron chi connectivity index (χ0n) is 14.7. The number of benzene rings is 2. The Kier molecular flexibility index (Phi) is 5.56. The largest absolute Gasteiger partial charge is 0.380 e. The van der Waals surface area contributed by atoms with E-state index in [1.807, 2.05) is 0 Å². The van der Waals surface area contributed by atoms with Crippen molar-refractivity contribution in [2.75, 3.05) is 10.6 Å². The minimum absolute atomic E-state index is 0.0342. The SMILES string of the molecule is CC(=O)c1ccc(NC(=O)c2ccc(NCc3ccccc3F)cn2)cc1. The Morgan fingerprint density at radius 3 is 2.30 bits per heavy atom. The molecule has 0 fully saturated rings. The van der Waals surface area contributed by atoms with E-state index in [0.717, 1.165) is 0 Å². The van der Waals surface area contributed by atoms with Gasteiger partial charge in [-0.2, -0.15) is 0 Å². The summed E-state index contributed by atoms with van der Waals surface area (Å²) in [6.07, 6.45) is 1.52. The highest BCUT2D eigenvalue weighted by atomic mass is 19.1. The van der Waals surface area contributed by atoms with E-state index in [4.69, 9.17) is 0 Å². The highest BCUT2D eigenvalue weighted by molar-refractivity contribution is 6.03. The number of hydrogen-bond donors (Lipinski definition) is 2. The first-order valence-corrected chi connectivity index (χ1v) is 8.38. The molecule has 0 aliphatic heterocycles. The Balaban J connectivity index is 1.60. The molecule has 6 heteroatoms. The molecule has 27 heavy (non-hydrogen) atoms. The summed E-state index contributed by atoms with van der Waals surface area (Å²) in [6.45, 7) is 1.81. The summed E-state index contributed by atoms with van der Waals surface area (Å²) in [7, 11) is 0. The van der Waals surface area contributed by atoms with E-state index in [-0.39, 0.29) is 23.2 Å². The van der Waals surface area contributed by atoms with Crippen LogP contribution in [0.25, 0.3) is 0 Å². The third kappa shape index (κ3) is 4.76.